The third-order valence-electron chi connectivity index (χ3n) is 3.24. The fraction of sp³-hybridized carbons (Fsp3) is 0.357. The van der Waals surface area contributed by atoms with E-state index in [-0.39, 0.29) is 12.4 Å². The van der Waals surface area contributed by atoms with Gasteiger partial charge < -0.3 is 14.4 Å². The molecule has 1 aromatic carbocycles. The summed E-state index contributed by atoms with van der Waals surface area (Å²) < 4.78 is 21.2. The minimum absolute atomic E-state index is 0.175. The fourth-order valence-corrected chi connectivity index (χ4v) is 2.04. The first-order valence-electron chi connectivity index (χ1n) is 6.30. The van der Waals surface area contributed by atoms with E-state index in [0.29, 0.717) is 18.2 Å². The summed E-state index contributed by atoms with van der Waals surface area (Å²) >= 11 is 0. The number of rotatable bonds is 5. The van der Waals surface area contributed by atoms with Crippen molar-refractivity contribution in [3.63, 3.8) is 0 Å². The van der Waals surface area contributed by atoms with Gasteiger partial charge in [0.1, 0.15) is 6.61 Å². The van der Waals surface area contributed by atoms with Crippen molar-refractivity contribution < 1.29 is 14.2 Å². The van der Waals surface area contributed by atoms with Crippen LogP contribution in [0.25, 0.3) is 0 Å². The van der Waals surface area contributed by atoms with Crippen molar-refractivity contribution in [2.45, 2.75) is 32.1 Å². The molecular weight excluding hydrogens is 247 g/mol. The van der Waals surface area contributed by atoms with Gasteiger partial charge in [0.05, 0.1) is 24.8 Å². The molecule has 3 rings (SSSR count). The number of aromatic nitrogens is 2. The summed E-state index contributed by atoms with van der Waals surface area (Å²) in [6, 6.07) is 5.01. The zero-order valence-corrected chi connectivity index (χ0v) is 10.4. The van der Waals surface area contributed by atoms with Crippen LogP contribution in [-0.2, 0) is 13.2 Å². The number of halogens is 1. The van der Waals surface area contributed by atoms with Gasteiger partial charge in [0.2, 0.25) is 0 Å². The van der Waals surface area contributed by atoms with Crippen molar-refractivity contribution in [1.29, 1.82) is 0 Å². The molecular formula is C14H15FN2O2. The highest BCUT2D eigenvalue weighted by Gasteiger charge is 2.25. The van der Waals surface area contributed by atoms with Crippen molar-refractivity contribution in [3.05, 3.63) is 47.8 Å². The summed E-state index contributed by atoms with van der Waals surface area (Å²) in [5.74, 6) is -0.259. The second-order valence-electron chi connectivity index (χ2n) is 4.73. The first kappa shape index (κ1) is 12.2. The Morgan fingerprint density at radius 3 is 2.95 bits per heavy atom. The quantitative estimate of drug-likeness (QED) is 0.900. The minimum Gasteiger partial charge on any atom is -0.484 e. The highest BCUT2D eigenvalue weighted by molar-refractivity contribution is 5.29. The van der Waals surface area contributed by atoms with Gasteiger partial charge in [-0.15, -0.1) is 0 Å². The largest absolute Gasteiger partial charge is 0.484 e. The van der Waals surface area contributed by atoms with Crippen LogP contribution in [-0.4, -0.2) is 14.7 Å². The molecule has 2 aromatic rings. The lowest BCUT2D eigenvalue weighted by Crippen LogP contribution is -2.04. The van der Waals surface area contributed by atoms with Crippen molar-refractivity contribution in [2.24, 2.45) is 0 Å². The van der Waals surface area contributed by atoms with E-state index in [9.17, 15) is 4.39 Å². The highest BCUT2D eigenvalue weighted by Crippen LogP contribution is 2.35. The maximum atomic E-state index is 13.7. The molecule has 0 radical (unpaired) electrons. The van der Waals surface area contributed by atoms with Gasteiger partial charge in [-0.05, 0) is 30.5 Å². The molecule has 0 unspecified atom stereocenters. The molecule has 0 atom stereocenters. The molecule has 0 bridgehead atoms. The number of benzene rings is 1. The minimum atomic E-state index is -0.455. The summed E-state index contributed by atoms with van der Waals surface area (Å²) in [5, 5.41) is 8.92. The zero-order valence-electron chi connectivity index (χ0n) is 10.4. The zero-order chi connectivity index (χ0) is 13.2. The van der Waals surface area contributed by atoms with E-state index in [1.165, 1.54) is 18.9 Å². The van der Waals surface area contributed by atoms with Crippen molar-refractivity contribution in [2.75, 3.05) is 0 Å². The molecule has 1 aromatic heterocycles. The number of imidazole rings is 1. The van der Waals surface area contributed by atoms with E-state index in [2.05, 4.69) is 9.55 Å². The van der Waals surface area contributed by atoms with Crippen LogP contribution in [0, 0.1) is 5.82 Å². The molecule has 0 spiro atoms. The Morgan fingerprint density at radius 2 is 2.26 bits per heavy atom. The Labute approximate surface area is 110 Å². The molecule has 1 N–H and O–H groups in total. The number of hydrogen-bond acceptors (Lipinski definition) is 3. The van der Waals surface area contributed by atoms with Crippen LogP contribution >= 0.6 is 0 Å². The van der Waals surface area contributed by atoms with Crippen LogP contribution in [0.5, 0.6) is 5.75 Å². The number of ether oxygens (including phenoxy) is 1. The summed E-state index contributed by atoms with van der Waals surface area (Å²) in [5.41, 5.74) is 1.49. The summed E-state index contributed by atoms with van der Waals surface area (Å²) in [4.78, 5) is 4.10. The van der Waals surface area contributed by atoms with Crippen LogP contribution in [0.4, 0.5) is 4.39 Å². The standard InChI is InChI=1S/C14H15FN2O2/c15-13-5-10(7-18)1-4-14(13)19-8-12-6-16-9-17(12)11-2-3-11/h1,4-6,9,11,18H,2-3,7-8H2. The monoisotopic (exact) mass is 262 g/mol. The van der Waals surface area contributed by atoms with E-state index in [1.54, 1.807) is 24.7 Å². The van der Waals surface area contributed by atoms with Gasteiger partial charge in [0.15, 0.2) is 11.6 Å². The van der Waals surface area contributed by atoms with Crippen molar-refractivity contribution in [3.8, 4) is 5.75 Å². The van der Waals surface area contributed by atoms with Gasteiger partial charge in [-0.1, -0.05) is 6.07 Å². The maximum absolute atomic E-state index is 13.7. The van der Waals surface area contributed by atoms with Gasteiger partial charge in [-0.2, -0.15) is 0 Å². The average molecular weight is 262 g/mol. The second-order valence-corrected chi connectivity index (χ2v) is 4.73. The molecule has 1 fully saturated rings. The topological polar surface area (TPSA) is 47.3 Å². The van der Waals surface area contributed by atoms with Gasteiger partial charge in [0, 0.05) is 6.04 Å². The van der Waals surface area contributed by atoms with Crippen LogP contribution in [0.1, 0.15) is 30.1 Å². The predicted octanol–water partition coefficient (Wildman–Crippen LogP) is 2.43. The van der Waals surface area contributed by atoms with E-state index >= 15 is 0 Å². The third kappa shape index (κ3) is 2.61. The van der Waals surface area contributed by atoms with Crippen LogP contribution < -0.4 is 4.74 Å². The molecule has 0 aliphatic heterocycles. The Morgan fingerprint density at radius 1 is 1.42 bits per heavy atom. The molecule has 1 aliphatic carbocycles. The molecule has 1 saturated carbocycles. The number of nitrogens with zero attached hydrogens (tertiary/aromatic N) is 2. The van der Waals surface area contributed by atoms with E-state index < -0.39 is 5.82 Å². The first-order valence-corrected chi connectivity index (χ1v) is 6.30. The normalized spacial score (nSPS) is 14.6. The van der Waals surface area contributed by atoms with Gasteiger partial charge in [0.25, 0.3) is 0 Å². The SMILES string of the molecule is OCc1ccc(OCc2cncn2C2CC2)c(F)c1. The first-order chi connectivity index (χ1) is 9.28. The van der Waals surface area contributed by atoms with E-state index in [4.69, 9.17) is 9.84 Å². The van der Waals surface area contributed by atoms with E-state index in [0.717, 1.165) is 5.69 Å². The number of hydrogen-bond donors (Lipinski definition) is 1. The molecule has 100 valence electrons. The summed E-state index contributed by atoms with van der Waals surface area (Å²) in [7, 11) is 0. The third-order valence-corrected chi connectivity index (χ3v) is 3.24. The van der Waals surface area contributed by atoms with Crippen LogP contribution in [0.15, 0.2) is 30.7 Å². The summed E-state index contributed by atoms with van der Waals surface area (Å²) in [6.07, 6.45) is 5.88. The lowest BCUT2D eigenvalue weighted by Gasteiger charge is -2.10. The van der Waals surface area contributed by atoms with Crippen molar-refractivity contribution in [1.82, 2.24) is 9.55 Å². The maximum Gasteiger partial charge on any atom is 0.165 e. The highest BCUT2D eigenvalue weighted by atomic mass is 19.1. The fourth-order valence-electron chi connectivity index (χ4n) is 2.04. The lowest BCUT2D eigenvalue weighted by molar-refractivity contribution is 0.273. The molecule has 0 amide bonds. The molecule has 19 heavy (non-hydrogen) atoms. The van der Waals surface area contributed by atoms with Crippen LogP contribution in [0.2, 0.25) is 0 Å². The molecule has 1 aliphatic rings. The molecule has 4 nitrogen and oxygen atoms in total. The van der Waals surface area contributed by atoms with Crippen LogP contribution in [0.3, 0.4) is 0 Å². The Kier molecular flexibility index (Phi) is 3.21. The van der Waals surface area contributed by atoms with Gasteiger partial charge in [-0.3, -0.25) is 0 Å². The predicted molar refractivity (Wildman–Crippen MR) is 67.2 cm³/mol. The van der Waals surface area contributed by atoms with Crippen molar-refractivity contribution >= 4 is 0 Å². The Hall–Kier alpha value is -1.88. The Bertz CT molecular complexity index is 579. The Balaban J connectivity index is 1.70. The smallest absolute Gasteiger partial charge is 0.165 e. The van der Waals surface area contributed by atoms with Gasteiger partial charge >= 0.3 is 0 Å². The second kappa shape index (κ2) is 5.01. The van der Waals surface area contributed by atoms with Gasteiger partial charge in [-0.25, -0.2) is 9.37 Å². The van der Waals surface area contributed by atoms with E-state index in [1.807, 2.05) is 0 Å². The molecule has 0 saturated heterocycles. The number of aliphatic hydroxyl groups excluding tert-OH is 1. The number of aliphatic hydroxyl groups is 1. The average Bonchev–Trinajstić information content (AvgIpc) is 3.16. The molecule has 1 heterocycles. The summed E-state index contributed by atoms with van der Waals surface area (Å²) in [6.45, 7) is 0.123. The lowest BCUT2D eigenvalue weighted by atomic mass is 10.2. The molecule has 5 heteroatoms.